The first-order valence-electron chi connectivity index (χ1n) is 15.7. The fourth-order valence-corrected chi connectivity index (χ4v) is 7.48. The third-order valence-electron chi connectivity index (χ3n) is 10.1. The van der Waals surface area contributed by atoms with E-state index in [0.717, 1.165) is 36.2 Å². The second-order valence-electron chi connectivity index (χ2n) is 13.1. The topological polar surface area (TPSA) is 113 Å². The summed E-state index contributed by atoms with van der Waals surface area (Å²) in [5, 5.41) is 35.5. The molecule has 1 aliphatic heterocycles. The molecule has 2 aromatic carbocycles. The minimum Gasteiger partial charge on any atom is -0.508 e. The van der Waals surface area contributed by atoms with Crippen LogP contribution in [0.5, 0.6) is 11.5 Å². The molecule has 0 spiro atoms. The maximum atomic E-state index is 14.3. The predicted octanol–water partition coefficient (Wildman–Crippen LogP) is 4.87. The molecule has 1 saturated heterocycles. The maximum Gasteiger partial charge on any atom is 0.324 e. The average molecular weight is 578 g/mol. The zero-order valence-electron chi connectivity index (χ0n) is 25.3. The fourth-order valence-electron chi connectivity index (χ4n) is 7.48. The average Bonchev–Trinajstić information content (AvgIpc) is 3.81. The number of amides is 3. The van der Waals surface area contributed by atoms with E-state index in [1.54, 1.807) is 30.3 Å². The number of phenolic OH excluding ortho intramolecular Hbond substituents is 2. The first kappa shape index (κ1) is 30.4. The van der Waals surface area contributed by atoms with E-state index >= 15 is 0 Å². The van der Waals surface area contributed by atoms with Crippen LogP contribution >= 0.6 is 0 Å². The van der Waals surface area contributed by atoms with E-state index < -0.39 is 23.0 Å². The zero-order valence-corrected chi connectivity index (χ0v) is 25.3. The van der Waals surface area contributed by atoms with Crippen LogP contribution in [0, 0.1) is 18.8 Å². The Kier molecular flexibility index (Phi) is 8.86. The summed E-state index contributed by atoms with van der Waals surface area (Å²) in [4.78, 5) is 31.4. The number of carbonyl (C=O) groups excluding carboxylic acids is 2. The number of hydrogen-bond donors (Lipinski definition) is 4. The van der Waals surface area contributed by atoms with E-state index in [0.29, 0.717) is 44.6 Å². The van der Waals surface area contributed by atoms with E-state index in [2.05, 4.69) is 17.1 Å². The molecule has 228 valence electrons. The third kappa shape index (κ3) is 6.45. The highest BCUT2D eigenvalue weighted by molar-refractivity contribution is 5.95. The van der Waals surface area contributed by atoms with Gasteiger partial charge in [0.05, 0.1) is 5.60 Å². The van der Waals surface area contributed by atoms with Crippen molar-refractivity contribution in [2.75, 3.05) is 26.2 Å². The van der Waals surface area contributed by atoms with Crippen LogP contribution in [0.2, 0.25) is 0 Å². The molecule has 2 aliphatic carbocycles. The van der Waals surface area contributed by atoms with E-state index in [4.69, 9.17) is 0 Å². The second kappa shape index (κ2) is 12.3. The van der Waals surface area contributed by atoms with E-state index in [-0.39, 0.29) is 30.0 Å². The van der Waals surface area contributed by atoms with Gasteiger partial charge in [-0.15, -0.1) is 0 Å². The molecule has 0 aromatic heterocycles. The number of nitrogens with one attached hydrogen (secondary N) is 1. The van der Waals surface area contributed by atoms with Crippen molar-refractivity contribution in [2.45, 2.75) is 89.2 Å². The number of nitrogens with zero attached hydrogens (tertiary/aromatic N) is 2. The van der Waals surface area contributed by atoms with Gasteiger partial charge in [0.1, 0.15) is 11.5 Å². The SMILES string of the molecule is CCNC(=O)N(CCc1ccc(O)cc1)C(=O)C1CCC2(O)CC(c3cc(O)ccc3C)(CCN(CC3CC3)C2C)C1. The van der Waals surface area contributed by atoms with Gasteiger partial charge in [0, 0.05) is 37.0 Å². The Morgan fingerprint density at radius 2 is 1.76 bits per heavy atom. The van der Waals surface area contributed by atoms with Crippen LogP contribution in [0.25, 0.3) is 0 Å². The largest absolute Gasteiger partial charge is 0.508 e. The summed E-state index contributed by atoms with van der Waals surface area (Å²) in [6.45, 7) is 8.45. The van der Waals surface area contributed by atoms with Gasteiger partial charge in [-0.05, 0) is 126 Å². The van der Waals surface area contributed by atoms with Gasteiger partial charge in [-0.25, -0.2) is 4.79 Å². The molecule has 2 saturated carbocycles. The van der Waals surface area contributed by atoms with E-state index in [9.17, 15) is 24.9 Å². The lowest BCUT2D eigenvalue weighted by atomic mass is 9.66. The first-order valence-corrected chi connectivity index (χ1v) is 15.7. The zero-order chi connectivity index (χ0) is 30.1. The van der Waals surface area contributed by atoms with E-state index in [1.807, 2.05) is 26.0 Å². The summed E-state index contributed by atoms with van der Waals surface area (Å²) < 4.78 is 0. The molecular weight excluding hydrogens is 530 g/mol. The fraction of sp³-hybridized carbons (Fsp3) is 0.588. The Labute approximate surface area is 249 Å². The number of imide groups is 1. The number of carbonyl (C=O) groups is 2. The molecule has 4 N–H and O–H groups in total. The normalized spacial score (nSPS) is 28.0. The van der Waals surface area contributed by atoms with Crippen LogP contribution in [0.1, 0.15) is 75.5 Å². The summed E-state index contributed by atoms with van der Waals surface area (Å²) in [5.74, 6) is 0.389. The molecule has 3 amide bonds. The molecule has 1 heterocycles. The number of phenols is 2. The number of rotatable bonds is 8. The predicted molar refractivity (Wildman–Crippen MR) is 162 cm³/mol. The lowest BCUT2D eigenvalue weighted by Crippen LogP contribution is -2.51. The number of urea groups is 1. The quantitative estimate of drug-likeness (QED) is 0.356. The Morgan fingerprint density at radius 3 is 2.45 bits per heavy atom. The molecule has 2 bridgehead atoms. The lowest BCUT2D eigenvalue weighted by molar-refractivity contribution is -0.133. The highest BCUT2D eigenvalue weighted by atomic mass is 16.3. The molecule has 4 unspecified atom stereocenters. The number of fused-ring (bicyclic) bond motifs is 2. The molecule has 42 heavy (non-hydrogen) atoms. The molecule has 0 radical (unpaired) electrons. The van der Waals surface area contributed by atoms with Crippen LogP contribution in [-0.4, -0.2) is 74.9 Å². The van der Waals surface area contributed by atoms with Crippen molar-refractivity contribution in [3.05, 3.63) is 59.2 Å². The Morgan fingerprint density at radius 1 is 1.05 bits per heavy atom. The Balaban J connectivity index is 1.48. The third-order valence-corrected chi connectivity index (χ3v) is 10.1. The number of benzene rings is 2. The van der Waals surface area contributed by atoms with Crippen LogP contribution in [0.15, 0.2) is 42.5 Å². The number of aliphatic hydroxyl groups is 1. The number of aromatic hydroxyl groups is 2. The minimum absolute atomic E-state index is 0.0552. The van der Waals surface area contributed by atoms with Gasteiger partial charge < -0.3 is 20.6 Å². The van der Waals surface area contributed by atoms with Crippen LogP contribution in [0.4, 0.5) is 4.79 Å². The molecule has 8 heteroatoms. The van der Waals surface area contributed by atoms with Crippen molar-refractivity contribution in [1.82, 2.24) is 15.1 Å². The molecular formula is C34H47N3O5. The van der Waals surface area contributed by atoms with Crippen LogP contribution < -0.4 is 5.32 Å². The van der Waals surface area contributed by atoms with E-state index in [1.165, 1.54) is 17.7 Å². The van der Waals surface area contributed by atoms with Gasteiger partial charge in [-0.2, -0.15) is 0 Å². The second-order valence-corrected chi connectivity index (χ2v) is 13.1. The first-order chi connectivity index (χ1) is 20.0. The monoisotopic (exact) mass is 577 g/mol. The molecule has 4 atom stereocenters. The molecule has 3 fully saturated rings. The Bertz CT molecular complexity index is 1280. The highest BCUT2D eigenvalue weighted by Crippen LogP contribution is 2.52. The van der Waals surface area contributed by atoms with Crippen LogP contribution in [-0.2, 0) is 16.6 Å². The van der Waals surface area contributed by atoms with Gasteiger partial charge in [-0.1, -0.05) is 18.2 Å². The van der Waals surface area contributed by atoms with Crippen molar-refractivity contribution < 1.29 is 24.9 Å². The molecule has 3 aliphatic rings. The van der Waals surface area contributed by atoms with Crippen molar-refractivity contribution in [3.8, 4) is 11.5 Å². The van der Waals surface area contributed by atoms with Gasteiger partial charge >= 0.3 is 6.03 Å². The summed E-state index contributed by atoms with van der Waals surface area (Å²) in [5.41, 5.74) is 1.44. The summed E-state index contributed by atoms with van der Waals surface area (Å²) in [6, 6.07) is 11.8. The van der Waals surface area contributed by atoms with Gasteiger partial charge in [-0.3, -0.25) is 14.6 Å². The highest BCUT2D eigenvalue weighted by Gasteiger charge is 2.53. The van der Waals surface area contributed by atoms with Crippen LogP contribution in [0.3, 0.4) is 0 Å². The number of hydrogen-bond acceptors (Lipinski definition) is 6. The molecule has 2 aromatic rings. The molecule has 5 rings (SSSR count). The van der Waals surface area contributed by atoms with Gasteiger partial charge in [0.25, 0.3) is 0 Å². The standard InChI is InChI=1S/C34H47N3O5/c1-4-35-32(41)37(17-14-25-8-11-28(38)12-9-25)31(40)27-13-15-34(42)22-33(20-27,30-19-29(39)10-5-23(30)2)16-18-36(24(34)3)21-26-6-7-26/h5,8-12,19,24,26-27,38-39,42H,4,6-7,13-18,20-22H2,1-3H3,(H,35,41). The minimum atomic E-state index is -0.999. The maximum absolute atomic E-state index is 14.3. The van der Waals surface area contributed by atoms with Crippen molar-refractivity contribution in [3.63, 3.8) is 0 Å². The van der Waals surface area contributed by atoms with Gasteiger partial charge in [0.2, 0.25) is 5.91 Å². The smallest absolute Gasteiger partial charge is 0.324 e. The van der Waals surface area contributed by atoms with Gasteiger partial charge in [0.15, 0.2) is 0 Å². The number of likely N-dealkylation sites (tertiary alicyclic amines) is 1. The van der Waals surface area contributed by atoms with Crippen molar-refractivity contribution in [2.24, 2.45) is 11.8 Å². The summed E-state index contributed by atoms with van der Waals surface area (Å²) in [7, 11) is 0. The van der Waals surface area contributed by atoms with Crippen molar-refractivity contribution >= 4 is 11.9 Å². The number of aryl methyl sites for hydroxylation is 1. The summed E-state index contributed by atoms with van der Waals surface area (Å²) in [6.07, 6.45) is 5.74. The lowest BCUT2D eigenvalue weighted by Gasteiger charge is -2.41. The van der Waals surface area contributed by atoms with Crippen molar-refractivity contribution in [1.29, 1.82) is 0 Å². The Hall–Kier alpha value is -3.10. The molecule has 8 nitrogen and oxygen atoms in total. The summed E-state index contributed by atoms with van der Waals surface area (Å²) >= 11 is 0.